The maximum absolute atomic E-state index is 12.9. The molecule has 3 rings (SSSR count). The van der Waals surface area contributed by atoms with E-state index in [4.69, 9.17) is 27.9 Å². The number of carbonyl (C=O) groups is 1. The molecule has 138 valence electrons. The van der Waals surface area contributed by atoms with Crippen LogP contribution in [0.5, 0.6) is 17.2 Å². The molecule has 0 spiro atoms. The highest BCUT2D eigenvalue weighted by Crippen LogP contribution is 2.37. The third-order valence-electron chi connectivity index (χ3n) is 4.49. The number of nitrogens with zero attached hydrogens (tertiary/aromatic N) is 1. The molecule has 1 saturated heterocycles. The SMILES string of the molecule is CC1CC(C)CN(C(=O)c2cc(Oc3c(Cl)cccc3Cl)ccc2O)C1. The Morgan fingerprint density at radius 3 is 2.35 bits per heavy atom. The van der Waals surface area contributed by atoms with Gasteiger partial charge in [-0.1, -0.05) is 43.1 Å². The van der Waals surface area contributed by atoms with E-state index in [9.17, 15) is 9.90 Å². The Morgan fingerprint density at radius 2 is 1.73 bits per heavy atom. The van der Waals surface area contributed by atoms with Crippen LogP contribution < -0.4 is 4.74 Å². The topological polar surface area (TPSA) is 49.8 Å². The van der Waals surface area contributed by atoms with Crippen LogP contribution in [0.2, 0.25) is 10.0 Å². The van der Waals surface area contributed by atoms with Gasteiger partial charge in [0.1, 0.15) is 11.5 Å². The summed E-state index contributed by atoms with van der Waals surface area (Å²) in [5.74, 6) is 1.31. The fourth-order valence-corrected chi connectivity index (χ4v) is 3.92. The lowest BCUT2D eigenvalue weighted by Gasteiger charge is -2.35. The Hall–Kier alpha value is -1.91. The minimum Gasteiger partial charge on any atom is -0.507 e. The Balaban J connectivity index is 1.87. The molecule has 0 aliphatic carbocycles. The fourth-order valence-electron chi connectivity index (χ4n) is 3.45. The van der Waals surface area contributed by atoms with E-state index in [1.54, 1.807) is 29.2 Å². The van der Waals surface area contributed by atoms with Gasteiger partial charge in [-0.05, 0) is 48.6 Å². The molecule has 0 bridgehead atoms. The van der Waals surface area contributed by atoms with Crippen molar-refractivity contribution < 1.29 is 14.6 Å². The molecule has 1 amide bonds. The Kier molecular flexibility index (Phi) is 5.64. The molecule has 1 heterocycles. The molecule has 0 aromatic heterocycles. The van der Waals surface area contributed by atoms with Crippen LogP contribution in [0.15, 0.2) is 36.4 Å². The van der Waals surface area contributed by atoms with E-state index in [0.717, 1.165) is 6.42 Å². The number of phenols is 1. The van der Waals surface area contributed by atoms with E-state index < -0.39 is 0 Å². The number of phenolic OH excluding ortho intramolecular Hbond substituents is 1. The lowest BCUT2D eigenvalue weighted by atomic mass is 9.91. The van der Waals surface area contributed by atoms with Crippen LogP contribution >= 0.6 is 23.2 Å². The Bertz CT molecular complexity index is 794. The Labute approximate surface area is 163 Å². The largest absolute Gasteiger partial charge is 0.507 e. The van der Waals surface area contributed by atoms with E-state index in [0.29, 0.717) is 46.5 Å². The number of ether oxygens (including phenoxy) is 1. The van der Waals surface area contributed by atoms with Crippen molar-refractivity contribution in [2.45, 2.75) is 20.3 Å². The van der Waals surface area contributed by atoms with Gasteiger partial charge < -0.3 is 14.7 Å². The average Bonchev–Trinajstić information content (AvgIpc) is 2.58. The van der Waals surface area contributed by atoms with Crippen LogP contribution in [0.4, 0.5) is 0 Å². The molecule has 1 fully saturated rings. The van der Waals surface area contributed by atoms with E-state index in [1.165, 1.54) is 12.1 Å². The monoisotopic (exact) mass is 393 g/mol. The van der Waals surface area contributed by atoms with Gasteiger partial charge in [-0.3, -0.25) is 4.79 Å². The first-order chi connectivity index (χ1) is 12.3. The molecule has 1 N–H and O–H groups in total. The summed E-state index contributed by atoms with van der Waals surface area (Å²) in [5.41, 5.74) is 0.215. The van der Waals surface area contributed by atoms with Crippen molar-refractivity contribution >= 4 is 29.1 Å². The molecule has 0 saturated carbocycles. The van der Waals surface area contributed by atoms with E-state index in [2.05, 4.69) is 13.8 Å². The number of likely N-dealkylation sites (tertiary alicyclic amines) is 1. The smallest absolute Gasteiger partial charge is 0.257 e. The van der Waals surface area contributed by atoms with Gasteiger partial charge in [0.25, 0.3) is 5.91 Å². The molecule has 1 aliphatic rings. The molecular weight excluding hydrogens is 373 g/mol. The highest BCUT2D eigenvalue weighted by molar-refractivity contribution is 6.37. The maximum atomic E-state index is 12.9. The van der Waals surface area contributed by atoms with Crippen molar-refractivity contribution in [1.82, 2.24) is 4.90 Å². The second kappa shape index (κ2) is 7.77. The minimum atomic E-state index is -0.198. The number of hydrogen-bond acceptors (Lipinski definition) is 3. The third kappa shape index (κ3) is 4.08. The van der Waals surface area contributed by atoms with Gasteiger partial charge in [0, 0.05) is 13.1 Å². The Morgan fingerprint density at radius 1 is 1.12 bits per heavy atom. The third-order valence-corrected chi connectivity index (χ3v) is 5.09. The quantitative estimate of drug-likeness (QED) is 0.736. The number of piperidine rings is 1. The van der Waals surface area contributed by atoms with E-state index >= 15 is 0 Å². The van der Waals surface area contributed by atoms with Crippen LogP contribution in [0.1, 0.15) is 30.6 Å². The number of halogens is 2. The molecular formula is C20H21Cl2NO3. The second-order valence-corrected chi connectivity index (χ2v) is 7.80. The minimum absolute atomic E-state index is 0.0708. The maximum Gasteiger partial charge on any atom is 0.257 e. The van der Waals surface area contributed by atoms with Crippen LogP contribution in [0.3, 0.4) is 0 Å². The van der Waals surface area contributed by atoms with Crippen molar-refractivity contribution in [2.75, 3.05) is 13.1 Å². The predicted molar refractivity (Wildman–Crippen MR) is 103 cm³/mol. The summed E-state index contributed by atoms with van der Waals surface area (Å²) in [5, 5.41) is 10.9. The van der Waals surface area contributed by atoms with Gasteiger partial charge in [0.15, 0.2) is 5.75 Å². The van der Waals surface area contributed by atoms with Gasteiger partial charge in [-0.15, -0.1) is 0 Å². The molecule has 4 nitrogen and oxygen atoms in total. The molecule has 26 heavy (non-hydrogen) atoms. The number of amides is 1. The van der Waals surface area contributed by atoms with Crippen molar-refractivity contribution in [2.24, 2.45) is 11.8 Å². The molecule has 2 aromatic carbocycles. The first-order valence-corrected chi connectivity index (χ1v) is 9.35. The van der Waals surface area contributed by atoms with Crippen molar-refractivity contribution in [3.05, 3.63) is 52.0 Å². The van der Waals surface area contributed by atoms with Gasteiger partial charge in [0.05, 0.1) is 15.6 Å². The van der Waals surface area contributed by atoms with Crippen LogP contribution in [-0.2, 0) is 0 Å². The molecule has 1 aliphatic heterocycles. The summed E-state index contributed by atoms with van der Waals surface area (Å²) in [6.45, 7) is 5.64. The zero-order valence-corrected chi connectivity index (χ0v) is 16.2. The number of aromatic hydroxyl groups is 1. The predicted octanol–water partition coefficient (Wildman–Crippen LogP) is 5.61. The van der Waals surface area contributed by atoms with Crippen molar-refractivity contribution in [3.63, 3.8) is 0 Å². The lowest BCUT2D eigenvalue weighted by molar-refractivity contribution is 0.0620. The fraction of sp³-hybridized carbons (Fsp3) is 0.350. The van der Waals surface area contributed by atoms with Gasteiger partial charge in [-0.2, -0.15) is 0 Å². The lowest BCUT2D eigenvalue weighted by Crippen LogP contribution is -2.42. The first kappa shape index (κ1) is 18.9. The summed E-state index contributed by atoms with van der Waals surface area (Å²) in [6, 6.07) is 9.62. The van der Waals surface area contributed by atoms with Crippen LogP contribution in [0.25, 0.3) is 0 Å². The number of rotatable bonds is 3. The standard InChI is InChI=1S/C20H21Cl2NO3/c1-12-8-13(2)11-23(10-12)20(25)15-9-14(6-7-18(15)24)26-19-16(21)4-3-5-17(19)22/h3-7,9,12-13,24H,8,10-11H2,1-2H3. The highest BCUT2D eigenvalue weighted by Gasteiger charge is 2.27. The van der Waals surface area contributed by atoms with E-state index in [-0.39, 0.29) is 17.2 Å². The first-order valence-electron chi connectivity index (χ1n) is 8.59. The number of carbonyl (C=O) groups excluding carboxylic acids is 1. The summed E-state index contributed by atoms with van der Waals surface area (Å²) < 4.78 is 5.77. The summed E-state index contributed by atoms with van der Waals surface area (Å²) in [6.07, 6.45) is 1.10. The van der Waals surface area contributed by atoms with E-state index in [1.807, 2.05) is 0 Å². The van der Waals surface area contributed by atoms with Crippen molar-refractivity contribution in [1.29, 1.82) is 0 Å². The normalized spacial score (nSPS) is 20.1. The van der Waals surface area contributed by atoms with Crippen LogP contribution in [0, 0.1) is 11.8 Å². The average molecular weight is 394 g/mol. The molecule has 0 radical (unpaired) electrons. The second-order valence-electron chi connectivity index (χ2n) is 6.99. The molecule has 6 heteroatoms. The zero-order valence-electron chi connectivity index (χ0n) is 14.7. The van der Waals surface area contributed by atoms with Gasteiger partial charge in [0.2, 0.25) is 0 Å². The van der Waals surface area contributed by atoms with Crippen molar-refractivity contribution in [3.8, 4) is 17.2 Å². The summed E-state index contributed by atoms with van der Waals surface area (Å²) in [4.78, 5) is 14.7. The number of para-hydroxylation sites is 1. The summed E-state index contributed by atoms with van der Waals surface area (Å²) >= 11 is 12.3. The number of benzene rings is 2. The summed E-state index contributed by atoms with van der Waals surface area (Å²) in [7, 11) is 0. The number of hydrogen-bond donors (Lipinski definition) is 1. The zero-order chi connectivity index (χ0) is 18.8. The highest BCUT2D eigenvalue weighted by atomic mass is 35.5. The molecule has 2 unspecified atom stereocenters. The molecule has 2 atom stereocenters. The van der Waals surface area contributed by atoms with Crippen LogP contribution in [-0.4, -0.2) is 29.0 Å². The van der Waals surface area contributed by atoms with Gasteiger partial charge in [-0.25, -0.2) is 0 Å². The van der Waals surface area contributed by atoms with Gasteiger partial charge >= 0.3 is 0 Å². The molecule has 2 aromatic rings.